The molecule has 0 saturated carbocycles. The average molecular weight is 562 g/mol. The summed E-state index contributed by atoms with van der Waals surface area (Å²) in [4.78, 5) is 6.17. The van der Waals surface area contributed by atoms with Crippen molar-refractivity contribution in [2.75, 3.05) is 57.0 Å². The molecular weight excluding hydrogens is 525 g/mol. The van der Waals surface area contributed by atoms with Gasteiger partial charge in [-0.2, -0.15) is 55.7 Å². The quantitative estimate of drug-likeness (QED) is 0.374. The zero-order valence-corrected chi connectivity index (χ0v) is 21.9. The number of benzene rings is 3. The maximum absolute atomic E-state index is 3.90. The van der Waals surface area contributed by atoms with E-state index in [1.807, 2.05) is 96.9 Å². The van der Waals surface area contributed by atoms with Crippen molar-refractivity contribution in [1.29, 1.82) is 0 Å². The van der Waals surface area contributed by atoms with E-state index in [2.05, 4.69) is 53.7 Å². The van der Waals surface area contributed by atoms with Crippen LogP contribution in [0.3, 0.4) is 0 Å². The van der Waals surface area contributed by atoms with Crippen LogP contribution in [0.25, 0.3) is 0 Å². The van der Waals surface area contributed by atoms with Gasteiger partial charge in [0.2, 0.25) is 0 Å². The number of hydrogen-bond acceptors (Lipinski definition) is 3. The second-order valence-electron chi connectivity index (χ2n) is 7.57. The summed E-state index contributed by atoms with van der Waals surface area (Å²) in [5, 5.41) is 0. The molecule has 0 fully saturated rings. The Kier molecular flexibility index (Phi) is 13.9. The predicted molar refractivity (Wildman–Crippen MR) is 136 cm³/mol. The molecule has 0 unspecified atom stereocenters. The van der Waals surface area contributed by atoms with E-state index in [9.17, 15) is 0 Å². The van der Waals surface area contributed by atoms with Crippen molar-refractivity contribution in [3.05, 3.63) is 110 Å². The minimum atomic E-state index is 0. The van der Waals surface area contributed by atoms with Gasteiger partial charge in [0.25, 0.3) is 0 Å². The van der Waals surface area contributed by atoms with Gasteiger partial charge in [0, 0.05) is 0 Å². The van der Waals surface area contributed by atoms with E-state index in [-0.39, 0.29) is 38.6 Å². The number of hydrogen-bond donors (Lipinski definition) is 0. The molecule has 0 aliphatic rings. The molecule has 0 heterocycles. The topological polar surface area (TPSA) is 9.72 Å². The van der Waals surface area contributed by atoms with Gasteiger partial charge in [0.1, 0.15) is 0 Å². The Morgan fingerprint density at radius 1 is 0.419 bits per heavy atom. The van der Waals surface area contributed by atoms with Crippen molar-refractivity contribution >= 4 is 17.1 Å². The van der Waals surface area contributed by atoms with Gasteiger partial charge in [-0.3, -0.25) is 0 Å². The molecule has 0 aliphatic carbocycles. The Morgan fingerprint density at radius 3 is 0.742 bits per heavy atom. The molecule has 31 heavy (non-hydrogen) atoms. The van der Waals surface area contributed by atoms with Crippen LogP contribution in [0.5, 0.6) is 0 Å². The SMILES string of the molecule is [CH2-]c1ccccc1N(C)C.[CH2-]c1ccccc1N(C)C.[CH2-]c1ccccc1N(C)C.[Tb+3]. The van der Waals surface area contributed by atoms with Gasteiger partial charge >= 0.3 is 38.6 Å². The van der Waals surface area contributed by atoms with Gasteiger partial charge < -0.3 is 14.7 Å². The second kappa shape index (κ2) is 14.9. The van der Waals surface area contributed by atoms with E-state index in [0.717, 1.165) is 16.7 Å². The van der Waals surface area contributed by atoms with Crippen LogP contribution in [0.15, 0.2) is 72.8 Å². The van der Waals surface area contributed by atoms with Gasteiger partial charge in [0.05, 0.1) is 0 Å². The van der Waals surface area contributed by atoms with Crippen LogP contribution in [-0.4, -0.2) is 42.3 Å². The minimum absolute atomic E-state index is 0. The molecule has 4 heteroatoms. The van der Waals surface area contributed by atoms with Gasteiger partial charge in [-0.25, -0.2) is 0 Å². The minimum Gasteiger partial charge on any atom is -0.428 e. The monoisotopic (exact) mass is 561 g/mol. The number of para-hydroxylation sites is 3. The van der Waals surface area contributed by atoms with Crippen LogP contribution in [0.1, 0.15) is 16.7 Å². The fourth-order valence-electron chi connectivity index (χ4n) is 2.84. The molecule has 0 aliphatic heterocycles. The number of anilines is 3. The van der Waals surface area contributed by atoms with Crippen molar-refractivity contribution in [3.8, 4) is 0 Å². The summed E-state index contributed by atoms with van der Waals surface area (Å²) in [6.07, 6.45) is 0. The molecule has 3 rings (SSSR count). The molecule has 0 saturated heterocycles. The first-order valence-electron chi connectivity index (χ1n) is 9.90. The van der Waals surface area contributed by atoms with E-state index < -0.39 is 0 Å². The van der Waals surface area contributed by atoms with Crippen LogP contribution in [-0.2, 0) is 0 Å². The summed E-state index contributed by atoms with van der Waals surface area (Å²) >= 11 is 0. The Balaban J connectivity index is 0.000000429. The molecule has 0 atom stereocenters. The summed E-state index contributed by atoms with van der Waals surface area (Å²) in [6, 6.07) is 24.2. The summed E-state index contributed by atoms with van der Waals surface area (Å²) in [5.41, 5.74) is 6.78. The zero-order valence-electron chi connectivity index (χ0n) is 19.7. The fourth-order valence-corrected chi connectivity index (χ4v) is 2.84. The molecule has 0 radical (unpaired) electrons. The van der Waals surface area contributed by atoms with Crippen molar-refractivity contribution in [1.82, 2.24) is 0 Å². The van der Waals surface area contributed by atoms with E-state index >= 15 is 0 Å². The summed E-state index contributed by atoms with van der Waals surface area (Å²) < 4.78 is 0. The van der Waals surface area contributed by atoms with Crippen molar-refractivity contribution in [2.45, 2.75) is 0 Å². The van der Waals surface area contributed by atoms with Crippen LogP contribution < -0.4 is 14.7 Å². The molecule has 0 spiro atoms. The van der Waals surface area contributed by atoms with Gasteiger partial charge in [0.15, 0.2) is 0 Å². The Hall–Kier alpha value is -2.04. The average Bonchev–Trinajstić information content (AvgIpc) is 2.69. The van der Waals surface area contributed by atoms with E-state index in [1.54, 1.807) is 0 Å². The molecule has 0 N–H and O–H groups in total. The van der Waals surface area contributed by atoms with Crippen LogP contribution in [0.4, 0.5) is 17.1 Å². The summed E-state index contributed by atoms with van der Waals surface area (Å²) in [6.45, 7) is 11.7. The zero-order chi connectivity index (χ0) is 22.7. The maximum atomic E-state index is 3.90. The third kappa shape index (κ3) is 10.2. The maximum Gasteiger partial charge on any atom is 3.00 e. The normalized spacial score (nSPS) is 9.10. The van der Waals surface area contributed by atoms with Crippen LogP contribution in [0.2, 0.25) is 0 Å². The van der Waals surface area contributed by atoms with Gasteiger partial charge in [-0.15, -0.1) is 18.2 Å². The van der Waals surface area contributed by atoms with E-state index in [0.29, 0.717) is 0 Å². The third-order valence-corrected chi connectivity index (χ3v) is 4.42. The van der Waals surface area contributed by atoms with E-state index in [4.69, 9.17) is 0 Å². The second-order valence-corrected chi connectivity index (χ2v) is 7.57. The molecule has 0 amide bonds. The molecule has 0 aromatic heterocycles. The molecule has 3 aromatic carbocycles. The first kappa shape index (κ1) is 29.0. The number of nitrogens with zero attached hydrogens (tertiary/aromatic N) is 3. The molecule has 3 nitrogen and oxygen atoms in total. The van der Waals surface area contributed by atoms with E-state index in [1.165, 1.54) is 17.1 Å². The van der Waals surface area contributed by atoms with Crippen LogP contribution >= 0.6 is 0 Å². The summed E-state index contributed by atoms with van der Waals surface area (Å²) in [5.74, 6) is 0. The Labute approximate surface area is 221 Å². The molecular formula is C27H36N3Tb. The third-order valence-electron chi connectivity index (χ3n) is 4.42. The number of rotatable bonds is 3. The Bertz CT molecular complexity index is 771. The predicted octanol–water partition coefficient (Wildman–Crippen LogP) is 5.80. The van der Waals surface area contributed by atoms with Crippen molar-refractivity contribution < 1.29 is 38.6 Å². The standard InChI is InChI=1S/3C9H12N.Tb/c3*1-8-6-4-5-7-9(8)10(2)3;/h3*4-7H,1H2,2-3H3;/q3*-1;+3. The molecule has 168 valence electrons. The van der Waals surface area contributed by atoms with Crippen molar-refractivity contribution in [3.63, 3.8) is 0 Å². The first-order valence-corrected chi connectivity index (χ1v) is 9.90. The largest absolute Gasteiger partial charge is 3.00 e. The van der Waals surface area contributed by atoms with Crippen molar-refractivity contribution in [2.24, 2.45) is 0 Å². The fraction of sp³-hybridized carbons (Fsp3) is 0.222. The summed E-state index contributed by atoms with van der Waals surface area (Å²) in [7, 11) is 12.1. The molecule has 0 bridgehead atoms. The van der Waals surface area contributed by atoms with Crippen LogP contribution in [0, 0.1) is 59.4 Å². The first-order chi connectivity index (χ1) is 14.1. The Morgan fingerprint density at radius 2 is 0.613 bits per heavy atom. The van der Waals surface area contributed by atoms with Gasteiger partial charge in [-0.1, -0.05) is 53.5 Å². The smallest absolute Gasteiger partial charge is 0.428 e. The molecule has 3 aromatic rings. The van der Waals surface area contributed by atoms with Gasteiger partial charge in [-0.05, 0) is 42.3 Å².